The Hall–Kier alpha value is -2.28. The lowest BCUT2D eigenvalue weighted by Gasteiger charge is -2.48. The van der Waals surface area contributed by atoms with Crippen molar-refractivity contribution in [3.63, 3.8) is 0 Å². The van der Waals surface area contributed by atoms with Crippen molar-refractivity contribution in [3.05, 3.63) is 34.6 Å². The minimum absolute atomic E-state index is 0.0578. The fourth-order valence-corrected chi connectivity index (χ4v) is 4.14. The second-order valence-electron chi connectivity index (χ2n) is 8.70. The van der Waals surface area contributed by atoms with Gasteiger partial charge in [0.2, 0.25) is 11.8 Å². The fraction of sp³-hybridized carbons (Fsp3) is 0.550. The molecule has 0 radical (unpaired) electrons. The summed E-state index contributed by atoms with van der Waals surface area (Å²) in [5, 5.41) is 2.28. The summed E-state index contributed by atoms with van der Waals surface area (Å²) >= 11 is 0. The van der Waals surface area contributed by atoms with Crippen LogP contribution in [-0.4, -0.2) is 52.2 Å². The van der Waals surface area contributed by atoms with Crippen LogP contribution in [0.5, 0.6) is 0 Å². The van der Waals surface area contributed by atoms with Crippen molar-refractivity contribution in [2.24, 2.45) is 0 Å². The highest BCUT2D eigenvalue weighted by Gasteiger charge is 2.41. The smallest absolute Gasteiger partial charge is 0.255 e. The topological polar surface area (TPSA) is 69.7 Å². The Morgan fingerprint density at radius 3 is 2.48 bits per heavy atom. The van der Waals surface area contributed by atoms with E-state index in [1.165, 1.54) is 11.0 Å². The molecule has 0 saturated carbocycles. The first-order valence-corrected chi connectivity index (χ1v) is 9.37. The molecule has 3 aliphatic heterocycles. The van der Waals surface area contributed by atoms with Crippen LogP contribution in [0, 0.1) is 5.82 Å². The number of carbonyl (C=O) groups excluding carboxylic acids is 3. The van der Waals surface area contributed by atoms with Gasteiger partial charge in [0.15, 0.2) is 0 Å². The largest absolute Gasteiger partial charge is 0.322 e. The zero-order valence-corrected chi connectivity index (χ0v) is 15.8. The van der Waals surface area contributed by atoms with Gasteiger partial charge in [0.25, 0.3) is 5.91 Å². The normalized spacial score (nSPS) is 24.1. The van der Waals surface area contributed by atoms with E-state index in [1.54, 1.807) is 6.07 Å². The summed E-state index contributed by atoms with van der Waals surface area (Å²) in [5.41, 5.74) is 1.79. The number of hydrogen-bond acceptors (Lipinski definition) is 4. The van der Waals surface area contributed by atoms with E-state index in [1.807, 2.05) is 0 Å². The highest BCUT2D eigenvalue weighted by Crippen LogP contribution is 2.37. The monoisotopic (exact) mass is 373 g/mol. The molecule has 27 heavy (non-hydrogen) atoms. The van der Waals surface area contributed by atoms with Gasteiger partial charge in [-0.05, 0) is 50.5 Å². The summed E-state index contributed by atoms with van der Waals surface area (Å²) in [6, 6.07) is 2.44. The van der Waals surface area contributed by atoms with E-state index >= 15 is 0 Å². The van der Waals surface area contributed by atoms with Crippen molar-refractivity contribution in [2.75, 3.05) is 13.1 Å². The van der Waals surface area contributed by atoms with Gasteiger partial charge < -0.3 is 4.90 Å². The van der Waals surface area contributed by atoms with Gasteiger partial charge in [-0.15, -0.1) is 0 Å². The average Bonchev–Trinajstić information content (AvgIpc) is 2.81. The molecule has 0 spiro atoms. The summed E-state index contributed by atoms with van der Waals surface area (Å²) in [6.07, 6.45) is 0.518. The molecular weight excluding hydrogens is 349 g/mol. The maximum atomic E-state index is 14.7. The van der Waals surface area contributed by atoms with Gasteiger partial charge >= 0.3 is 0 Å². The van der Waals surface area contributed by atoms with Crippen LogP contribution in [0.25, 0.3) is 0 Å². The number of piperidine rings is 1. The number of rotatable bonds is 2. The minimum atomic E-state index is -0.672. The van der Waals surface area contributed by atoms with E-state index < -0.39 is 11.9 Å². The predicted molar refractivity (Wildman–Crippen MR) is 96.5 cm³/mol. The van der Waals surface area contributed by atoms with E-state index in [4.69, 9.17) is 0 Å². The zero-order valence-electron chi connectivity index (χ0n) is 15.8. The lowest BCUT2D eigenvalue weighted by atomic mass is 9.85. The van der Waals surface area contributed by atoms with E-state index in [9.17, 15) is 18.8 Å². The van der Waals surface area contributed by atoms with E-state index in [-0.39, 0.29) is 42.1 Å². The predicted octanol–water partition coefficient (Wildman–Crippen LogP) is 1.78. The Labute approximate surface area is 157 Å². The Morgan fingerprint density at radius 1 is 1.15 bits per heavy atom. The molecule has 0 aliphatic carbocycles. The molecule has 3 amide bonds. The fourth-order valence-electron chi connectivity index (χ4n) is 4.14. The minimum Gasteiger partial charge on any atom is -0.322 e. The van der Waals surface area contributed by atoms with Crippen molar-refractivity contribution in [3.8, 4) is 0 Å². The second-order valence-corrected chi connectivity index (χ2v) is 8.70. The van der Waals surface area contributed by atoms with Crippen LogP contribution in [0.3, 0.4) is 0 Å². The highest BCUT2D eigenvalue weighted by molar-refractivity contribution is 6.05. The van der Waals surface area contributed by atoms with Gasteiger partial charge in [0, 0.05) is 43.1 Å². The Bertz CT molecular complexity index is 840. The average molecular weight is 373 g/mol. The van der Waals surface area contributed by atoms with Gasteiger partial charge in [0.1, 0.15) is 11.9 Å². The molecule has 1 atom stereocenters. The Kier molecular flexibility index (Phi) is 4.10. The lowest BCUT2D eigenvalue weighted by molar-refractivity contribution is -0.136. The molecule has 144 valence electrons. The third-order valence-corrected chi connectivity index (χ3v) is 5.91. The summed E-state index contributed by atoms with van der Waals surface area (Å²) in [5.74, 6) is -1.34. The first-order chi connectivity index (χ1) is 12.6. The first kappa shape index (κ1) is 18.1. The number of imide groups is 1. The van der Waals surface area contributed by atoms with Crippen molar-refractivity contribution < 1.29 is 18.8 Å². The zero-order chi connectivity index (χ0) is 19.5. The molecule has 6 nitrogen and oxygen atoms in total. The number of hydrogen-bond donors (Lipinski definition) is 1. The quantitative estimate of drug-likeness (QED) is 0.803. The molecular formula is C20H24FN3O3. The maximum absolute atomic E-state index is 14.7. The van der Waals surface area contributed by atoms with Crippen LogP contribution in [0.2, 0.25) is 0 Å². The van der Waals surface area contributed by atoms with Crippen molar-refractivity contribution in [1.82, 2.24) is 15.1 Å². The van der Waals surface area contributed by atoms with Crippen LogP contribution >= 0.6 is 0 Å². The van der Waals surface area contributed by atoms with Gasteiger partial charge in [-0.1, -0.05) is 0 Å². The van der Waals surface area contributed by atoms with Crippen LogP contribution in [-0.2, 0) is 16.1 Å². The summed E-state index contributed by atoms with van der Waals surface area (Å²) < 4.78 is 14.7. The molecule has 7 heteroatoms. The van der Waals surface area contributed by atoms with E-state index in [0.29, 0.717) is 17.5 Å². The molecule has 2 fully saturated rings. The summed E-state index contributed by atoms with van der Waals surface area (Å²) in [7, 11) is 0. The van der Waals surface area contributed by atoms with E-state index in [2.05, 4.69) is 31.0 Å². The van der Waals surface area contributed by atoms with Gasteiger partial charge in [-0.3, -0.25) is 24.6 Å². The van der Waals surface area contributed by atoms with Crippen LogP contribution in [0.1, 0.15) is 61.0 Å². The van der Waals surface area contributed by atoms with Gasteiger partial charge in [-0.2, -0.15) is 0 Å². The van der Waals surface area contributed by atoms with E-state index in [0.717, 1.165) is 18.7 Å². The number of carbonyl (C=O) groups is 3. The molecule has 0 unspecified atom stereocenters. The van der Waals surface area contributed by atoms with Crippen LogP contribution in [0.4, 0.5) is 4.39 Å². The number of nitrogens with one attached hydrogen (secondary N) is 1. The molecule has 0 aromatic heterocycles. The summed E-state index contributed by atoms with van der Waals surface area (Å²) in [4.78, 5) is 39.9. The first-order valence-electron chi connectivity index (χ1n) is 9.37. The van der Waals surface area contributed by atoms with Crippen LogP contribution in [0.15, 0.2) is 12.1 Å². The van der Waals surface area contributed by atoms with Crippen molar-refractivity contribution in [2.45, 2.75) is 57.7 Å². The van der Waals surface area contributed by atoms with Crippen molar-refractivity contribution >= 4 is 17.7 Å². The highest BCUT2D eigenvalue weighted by atomic mass is 19.1. The molecule has 2 saturated heterocycles. The van der Waals surface area contributed by atoms with Crippen LogP contribution < -0.4 is 5.32 Å². The third-order valence-electron chi connectivity index (χ3n) is 5.91. The third kappa shape index (κ3) is 3.04. The number of likely N-dealkylation sites (tertiary alicyclic amines) is 1. The summed E-state index contributed by atoms with van der Waals surface area (Å²) in [6.45, 7) is 8.29. The Morgan fingerprint density at radius 2 is 1.85 bits per heavy atom. The van der Waals surface area contributed by atoms with Gasteiger partial charge in [-0.25, -0.2) is 4.39 Å². The standard InChI is InChI=1S/C20H24FN3O3/c1-20(2,3)23-8-12(9-23)13-6-11-10-24(19(27)14(11)7-15(13)21)16-4-5-17(25)22-18(16)26/h6-7,12,16H,4-5,8-10H2,1-3H3,(H,22,25,26)/t16-/m0/s1. The number of benzene rings is 1. The lowest BCUT2D eigenvalue weighted by Crippen LogP contribution is -2.54. The molecule has 1 N–H and O–H groups in total. The number of amides is 3. The number of halogens is 1. The molecule has 3 aliphatic rings. The molecule has 1 aromatic carbocycles. The molecule has 0 bridgehead atoms. The number of fused-ring (bicyclic) bond motifs is 1. The molecule has 3 heterocycles. The van der Waals surface area contributed by atoms with Gasteiger partial charge in [0.05, 0.1) is 0 Å². The molecule has 4 rings (SSSR count). The Balaban J connectivity index is 1.54. The maximum Gasteiger partial charge on any atom is 0.255 e. The SMILES string of the molecule is CC(C)(C)N1CC(c2cc3c(cc2F)C(=O)N([C@H]2CCC(=O)NC2=O)C3)C1. The second kappa shape index (κ2) is 6.12. The molecule has 1 aromatic rings. The number of nitrogens with zero attached hydrogens (tertiary/aromatic N) is 2. The van der Waals surface area contributed by atoms with Crippen molar-refractivity contribution in [1.29, 1.82) is 0 Å².